The standard InChI is InChI=1S/C33H39N11O6/c1-6-35-30(46)20-11-12-21(50-20)44-15-36-22-25(34)37-32(39-27(22)44)40-29(45)18-10-9-16-13-17(14-19(16)24(18)49-5)26-38-28-23(41(26)4)31(47)43(8-3)33(48)42(28)7-2/h9-10,15,17,20-21H,6-8,11-14H2,1-5H3,(H,35,46)(H3,34,37,39,40,45)/t17?,20-,21+/m0/s1. The van der Waals surface area contributed by atoms with Crippen LogP contribution in [0.15, 0.2) is 28.0 Å². The highest BCUT2D eigenvalue weighted by atomic mass is 16.5. The number of nitrogens with zero attached hydrogens (tertiary/aromatic N) is 8. The Morgan fingerprint density at radius 3 is 2.54 bits per heavy atom. The molecule has 1 aromatic carbocycles. The van der Waals surface area contributed by atoms with E-state index >= 15 is 0 Å². The number of likely N-dealkylation sites (N-methyl/N-ethyl adjacent to an activating group) is 1. The summed E-state index contributed by atoms with van der Waals surface area (Å²) in [5.74, 6) is 0.340. The second-order valence-electron chi connectivity index (χ2n) is 12.4. The molecule has 2 amide bonds. The minimum Gasteiger partial charge on any atom is -0.496 e. The zero-order chi connectivity index (χ0) is 35.4. The average Bonchev–Trinajstić information content (AvgIpc) is 3.89. The number of fused-ring (bicyclic) bond motifs is 3. The Morgan fingerprint density at radius 1 is 1.04 bits per heavy atom. The number of anilines is 2. The maximum absolute atomic E-state index is 13.7. The van der Waals surface area contributed by atoms with Gasteiger partial charge in [-0.2, -0.15) is 9.97 Å². The van der Waals surface area contributed by atoms with Crippen molar-refractivity contribution < 1.29 is 19.1 Å². The molecule has 2 aliphatic rings. The number of amides is 2. The summed E-state index contributed by atoms with van der Waals surface area (Å²) in [5, 5.41) is 5.54. The third-order valence-corrected chi connectivity index (χ3v) is 9.62. The van der Waals surface area contributed by atoms with E-state index in [1.807, 2.05) is 19.9 Å². The lowest BCUT2D eigenvalue weighted by Gasteiger charge is -2.15. The number of carbonyl (C=O) groups excluding carboxylic acids is 2. The fraction of sp³-hybridized carbons (Fsp3) is 0.455. The fourth-order valence-electron chi connectivity index (χ4n) is 7.25. The Bertz CT molecular complexity index is 2300. The first-order valence-electron chi connectivity index (χ1n) is 16.7. The molecule has 262 valence electrons. The van der Waals surface area contributed by atoms with Crippen LogP contribution < -0.4 is 32.4 Å². The number of nitrogen functional groups attached to an aromatic ring is 1. The van der Waals surface area contributed by atoms with Crippen molar-refractivity contribution >= 4 is 45.9 Å². The summed E-state index contributed by atoms with van der Waals surface area (Å²) in [6.45, 7) is 6.61. The summed E-state index contributed by atoms with van der Waals surface area (Å²) in [6, 6.07) is 3.58. The van der Waals surface area contributed by atoms with Gasteiger partial charge in [-0.05, 0) is 63.6 Å². The summed E-state index contributed by atoms with van der Waals surface area (Å²) in [4.78, 5) is 70.3. The highest BCUT2D eigenvalue weighted by Crippen LogP contribution is 2.41. The van der Waals surface area contributed by atoms with Crippen molar-refractivity contribution in [2.45, 2.75) is 77.8 Å². The van der Waals surface area contributed by atoms with Gasteiger partial charge >= 0.3 is 5.69 Å². The van der Waals surface area contributed by atoms with E-state index in [1.165, 1.54) is 22.6 Å². The van der Waals surface area contributed by atoms with Crippen LogP contribution in [0.2, 0.25) is 0 Å². The minimum absolute atomic E-state index is 0.0279. The third-order valence-electron chi connectivity index (χ3n) is 9.62. The average molecular weight is 686 g/mol. The Kier molecular flexibility index (Phi) is 8.37. The second kappa shape index (κ2) is 12.7. The van der Waals surface area contributed by atoms with Crippen LogP contribution in [-0.4, -0.2) is 69.8 Å². The number of nitrogens with one attached hydrogen (secondary N) is 2. The SMILES string of the molecule is CCNC(=O)[C@@H]1CC[C@H](n2cnc3c(N)nc(NC(=O)c4ccc5c(c4OC)CC(c4nc6c(c(=O)n(CC)c(=O)n6CC)n4C)C5)nc32)O1. The van der Waals surface area contributed by atoms with Gasteiger partial charge in [0.25, 0.3) is 11.5 Å². The van der Waals surface area contributed by atoms with Crippen LogP contribution in [0.4, 0.5) is 11.8 Å². The Labute approximate surface area is 285 Å². The maximum Gasteiger partial charge on any atom is 0.332 e. The summed E-state index contributed by atoms with van der Waals surface area (Å²) >= 11 is 0. The number of hydrogen-bond acceptors (Lipinski definition) is 11. The molecule has 0 spiro atoms. The lowest BCUT2D eigenvalue weighted by atomic mass is 10.0. The molecule has 1 fully saturated rings. The van der Waals surface area contributed by atoms with Gasteiger partial charge < -0.3 is 25.1 Å². The van der Waals surface area contributed by atoms with Crippen molar-refractivity contribution in [3.8, 4) is 5.75 Å². The highest BCUT2D eigenvalue weighted by Gasteiger charge is 2.34. The molecule has 4 N–H and O–H groups in total. The van der Waals surface area contributed by atoms with Gasteiger partial charge in [0.1, 0.15) is 29.4 Å². The molecule has 0 radical (unpaired) electrons. The smallest absolute Gasteiger partial charge is 0.332 e. The number of benzene rings is 1. The monoisotopic (exact) mass is 685 g/mol. The van der Waals surface area contributed by atoms with Gasteiger partial charge in [0, 0.05) is 32.6 Å². The van der Waals surface area contributed by atoms with Gasteiger partial charge in [0.15, 0.2) is 22.6 Å². The summed E-state index contributed by atoms with van der Waals surface area (Å²) in [6.07, 6.45) is 2.67. The van der Waals surface area contributed by atoms with Gasteiger partial charge in [-0.3, -0.25) is 33.4 Å². The summed E-state index contributed by atoms with van der Waals surface area (Å²) in [5.41, 5.74) is 9.07. The molecule has 17 nitrogen and oxygen atoms in total. The predicted molar refractivity (Wildman–Crippen MR) is 183 cm³/mol. The van der Waals surface area contributed by atoms with Crippen molar-refractivity contribution in [1.29, 1.82) is 0 Å². The molecule has 5 aromatic rings. The quantitative estimate of drug-likeness (QED) is 0.203. The van der Waals surface area contributed by atoms with Crippen LogP contribution >= 0.6 is 0 Å². The van der Waals surface area contributed by atoms with Gasteiger partial charge in [0.2, 0.25) is 11.9 Å². The van der Waals surface area contributed by atoms with E-state index in [0.717, 1.165) is 11.1 Å². The third kappa shape index (κ3) is 5.19. The van der Waals surface area contributed by atoms with E-state index in [2.05, 4.69) is 25.6 Å². The topological polar surface area (TPSA) is 208 Å². The maximum atomic E-state index is 13.7. The Morgan fingerprint density at radius 2 is 1.82 bits per heavy atom. The molecule has 3 atom stereocenters. The van der Waals surface area contributed by atoms with Crippen molar-refractivity contribution in [1.82, 2.24) is 43.5 Å². The first-order chi connectivity index (χ1) is 24.1. The molecule has 17 heteroatoms. The number of ether oxygens (including phenoxy) is 2. The largest absolute Gasteiger partial charge is 0.496 e. The molecule has 1 aliphatic heterocycles. The molecule has 1 aliphatic carbocycles. The van der Waals surface area contributed by atoms with E-state index in [9.17, 15) is 19.2 Å². The van der Waals surface area contributed by atoms with E-state index < -0.39 is 18.2 Å². The fourth-order valence-corrected chi connectivity index (χ4v) is 7.25. The predicted octanol–water partition coefficient (Wildman–Crippen LogP) is 1.62. The van der Waals surface area contributed by atoms with E-state index in [1.54, 1.807) is 29.2 Å². The van der Waals surface area contributed by atoms with Crippen molar-refractivity contribution in [3.63, 3.8) is 0 Å². The molecule has 5 heterocycles. The van der Waals surface area contributed by atoms with Gasteiger partial charge in [-0.1, -0.05) is 6.07 Å². The molecular formula is C33H39N11O6. The van der Waals surface area contributed by atoms with E-state index in [0.29, 0.717) is 72.7 Å². The van der Waals surface area contributed by atoms with Crippen molar-refractivity contribution in [3.05, 3.63) is 61.8 Å². The molecule has 1 unspecified atom stereocenters. The number of aryl methyl sites for hydroxylation is 2. The molecule has 0 bridgehead atoms. The van der Waals surface area contributed by atoms with Gasteiger partial charge in [0.05, 0.1) is 19.0 Å². The minimum atomic E-state index is -0.588. The number of methoxy groups -OCH3 is 1. The zero-order valence-corrected chi connectivity index (χ0v) is 28.5. The molecule has 7 rings (SSSR count). The van der Waals surface area contributed by atoms with Crippen LogP contribution in [-0.2, 0) is 42.5 Å². The van der Waals surface area contributed by atoms with Crippen LogP contribution in [0.5, 0.6) is 5.75 Å². The highest BCUT2D eigenvalue weighted by molar-refractivity contribution is 6.06. The molecule has 0 saturated carbocycles. The number of hydrogen-bond donors (Lipinski definition) is 3. The lowest BCUT2D eigenvalue weighted by Crippen LogP contribution is -2.39. The molecule has 4 aromatic heterocycles. The van der Waals surface area contributed by atoms with Crippen LogP contribution in [0, 0.1) is 0 Å². The van der Waals surface area contributed by atoms with Crippen molar-refractivity contribution in [2.24, 2.45) is 7.05 Å². The first kappa shape index (κ1) is 32.9. The number of imidazole rings is 2. The Hall–Kier alpha value is -5.58. The number of rotatable bonds is 9. The van der Waals surface area contributed by atoms with Crippen LogP contribution in [0.25, 0.3) is 22.3 Å². The van der Waals surface area contributed by atoms with Gasteiger partial charge in [-0.15, -0.1) is 0 Å². The van der Waals surface area contributed by atoms with Gasteiger partial charge in [-0.25, -0.2) is 14.8 Å². The zero-order valence-electron chi connectivity index (χ0n) is 28.5. The van der Waals surface area contributed by atoms with E-state index in [4.69, 9.17) is 20.2 Å². The number of nitrogens with two attached hydrogens (primary N) is 1. The van der Waals surface area contributed by atoms with Crippen LogP contribution in [0.3, 0.4) is 0 Å². The molecule has 1 saturated heterocycles. The summed E-state index contributed by atoms with van der Waals surface area (Å²) in [7, 11) is 3.31. The Balaban J connectivity index is 1.16. The van der Waals surface area contributed by atoms with Crippen molar-refractivity contribution in [2.75, 3.05) is 24.7 Å². The number of aromatic nitrogens is 8. The lowest BCUT2D eigenvalue weighted by molar-refractivity contribution is -0.133. The number of carbonyl (C=O) groups is 2. The van der Waals surface area contributed by atoms with E-state index in [-0.39, 0.29) is 46.9 Å². The molecular weight excluding hydrogens is 646 g/mol. The first-order valence-corrected chi connectivity index (χ1v) is 16.7. The van der Waals surface area contributed by atoms with Crippen LogP contribution in [0.1, 0.15) is 73.1 Å². The normalized spacial score (nSPS) is 18.5. The molecule has 50 heavy (non-hydrogen) atoms. The summed E-state index contributed by atoms with van der Waals surface area (Å²) < 4.78 is 18.0. The second-order valence-corrected chi connectivity index (χ2v) is 12.4.